The third kappa shape index (κ3) is 9.29. The number of halogens is 1. The Morgan fingerprint density at radius 2 is 1.86 bits per heavy atom. The van der Waals surface area contributed by atoms with E-state index >= 15 is 0 Å². The Morgan fingerprint density at radius 1 is 1.18 bits per heavy atom. The summed E-state index contributed by atoms with van der Waals surface area (Å²) in [4.78, 5) is 6.38. The van der Waals surface area contributed by atoms with Crippen LogP contribution < -0.4 is 14.8 Å². The van der Waals surface area contributed by atoms with Gasteiger partial charge in [-0.2, -0.15) is 0 Å². The van der Waals surface area contributed by atoms with Crippen molar-refractivity contribution < 1.29 is 18.9 Å². The van der Waals surface area contributed by atoms with Gasteiger partial charge < -0.3 is 29.2 Å². The van der Waals surface area contributed by atoms with Gasteiger partial charge in [-0.25, -0.2) is 0 Å². The van der Waals surface area contributed by atoms with Gasteiger partial charge in [-0.05, 0) is 43.5 Å². The predicted octanol–water partition coefficient (Wildman–Crippen LogP) is 2.78. The van der Waals surface area contributed by atoms with E-state index in [2.05, 4.69) is 15.2 Å². The number of methoxy groups -OCH3 is 1. The summed E-state index contributed by atoms with van der Waals surface area (Å²) in [6.07, 6.45) is 3.32. The second kappa shape index (κ2) is 14.7. The molecule has 1 aliphatic heterocycles. The van der Waals surface area contributed by atoms with Gasteiger partial charge in [-0.1, -0.05) is 0 Å². The number of ether oxygens (including phenoxy) is 4. The second-order valence-corrected chi connectivity index (χ2v) is 6.46. The first-order valence-electron chi connectivity index (χ1n) is 9.61. The molecule has 28 heavy (non-hydrogen) atoms. The lowest BCUT2D eigenvalue weighted by Gasteiger charge is -2.23. The highest BCUT2D eigenvalue weighted by molar-refractivity contribution is 14.0. The number of likely N-dealkylation sites (N-methyl/N-ethyl adjacent to an activating group) is 1. The van der Waals surface area contributed by atoms with Crippen LogP contribution in [0.15, 0.2) is 29.3 Å². The molecule has 1 aromatic carbocycles. The highest BCUT2D eigenvalue weighted by Crippen LogP contribution is 2.16. The first-order valence-corrected chi connectivity index (χ1v) is 9.61. The van der Waals surface area contributed by atoms with E-state index in [0.717, 1.165) is 69.6 Å². The van der Waals surface area contributed by atoms with Crippen molar-refractivity contribution in [2.24, 2.45) is 4.99 Å². The molecule has 0 unspecified atom stereocenters. The van der Waals surface area contributed by atoms with Gasteiger partial charge in [0.1, 0.15) is 18.1 Å². The summed E-state index contributed by atoms with van der Waals surface area (Å²) >= 11 is 0. The highest BCUT2D eigenvalue weighted by atomic mass is 127. The Hall–Kier alpha value is -1.26. The maximum Gasteiger partial charge on any atom is 0.193 e. The van der Waals surface area contributed by atoms with Gasteiger partial charge in [0.15, 0.2) is 5.96 Å². The van der Waals surface area contributed by atoms with Crippen molar-refractivity contribution in [3.63, 3.8) is 0 Å². The van der Waals surface area contributed by atoms with Gasteiger partial charge in [0.05, 0.1) is 19.8 Å². The Kier molecular flexibility index (Phi) is 13.0. The van der Waals surface area contributed by atoms with Gasteiger partial charge in [-0.15, -0.1) is 24.0 Å². The fourth-order valence-electron chi connectivity index (χ4n) is 2.83. The number of guanidine groups is 1. The van der Waals surface area contributed by atoms with Gasteiger partial charge in [0.25, 0.3) is 0 Å². The minimum atomic E-state index is 0. The Bertz CT molecular complexity index is 551. The van der Waals surface area contributed by atoms with Crippen molar-refractivity contribution in [2.75, 3.05) is 60.7 Å². The molecule has 0 atom stereocenters. The van der Waals surface area contributed by atoms with Crippen LogP contribution in [0.2, 0.25) is 0 Å². The molecule has 1 fully saturated rings. The summed E-state index contributed by atoms with van der Waals surface area (Å²) < 4.78 is 22.1. The van der Waals surface area contributed by atoms with Crippen molar-refractivity contribution in [3.8, 4) is 11.5 Å². The number of rotatable bonds is 10. The van der Waals surface area contributed by atoms with Crippen LogP contribution >= 0.6 is 24.0 Å². The van der Waals surface area contributed by atoms with Crippen LogP contribution in [-0.4, -0.2) is 77.7 Å². The third-order valence-electron chi connectivity index (χ3n) is 4.45. The highest BCUT2D eigenvalue weighted by Gasteiger charge is 2.13. The fourth-order valence-corrected chi connectivity index (χ4v) is 2.83. The molecule has 0 saturated carbocycles. The lowest BCUT2D eigenvalue weighted by atomic mass is 10.1. The Morgan fingerprint density at radius 3 is 2.50 bits per heavy atom. The zero-order valence-corrected chi connectivity index (χ0v) is 19.5. The number of aliphatic imine (C=N–C) groups is 1. The molecule has 0 aliphatic carbocycles. The van der Waals surface area contributed by atoms with Crippen LogP contribution in [0.4, 0.5) is 0 Å². The fraction of sp³-hybridized carbons (Fsp3) is 0.650. The van der Waals surface area contributed by atoms with E-state index in [1.54, 1.807) is 14.2 Å². The molecule has 1 aliphatic rings. The molecule has 1 aromatic rings. The van der Waals surface area contributed by atoms with Crippen LogP contribution in [0.5, 0.6) is 11.5 Å². The lowest BCUT2D eigenvalue weighted by Crippen LogP contribution is -2.41. The summed E-state index contributed by atoms with van der Waals surface area (Å²) in [7, 11) is 5.45. The van der Waals surface area contributed by atoms with E-state index in [-0.39, 0.29) is 24.0 Å². The molecule has 7 nitrogen and oxygen atoms in total. The van der Waals surface area contributed by atoms with Crippen LogP contribution in [0.25, 0.3) is 0 Å². The number of nitrogens with zero attached hydrogens (tertiary/aromatic N) is 2. The van der Waals surface area contributed by atoms with Crippen LogP contribution in [-0.2, 0) is 9.47 Å². The topological polar surface area (TPSA) is 64.6 Å². The summed E-state index contributed by atoms with van der Waals surface area (Å²) in [6.45, 7) is 4.55. The average Bonchev–Trinajstić information content (AvgIpc) is 2.72. The lowest BCUT2D eigenvalue weighted by molar-refractivity contribution is -0.0320. The molecule has 0 spiro atoms. The van der Waals surface area contributed by atoms with Crippen LogP contribution in [0, 0.1) is 0 Å². The summed E-state index contributed by atoms with van der Waals surface area (Å²) in [6, 6.07) is 7.60. The van der Waals surface area contributed by atoms with Crippen molar-refractivity contribution in [1.29, 1.82) is 0 Å². The van der Waals surface area contributed by atoms with Gasteiger partial charge in [-0.3, -0.25) is 4.99 Å². The molecule has 1 saturated heterocycles. The molecule has 0 aromatic heterocycles. The average molecular weight is 507 g/mol. The van der Waals surface area contributed by atoms with E-state index in [0.29, 0.717) is 12.7 Å². The molecule has 8 heteroatoms. The molecule has 0 amide bonds. The predicted molar refractivity (Wildman–Crippen MR) is 122 cm³/mol. The smallest absolute Gasteiger partial charge is 0.193 e. The number of nitrogens with one attached hydrogen (secondary N) is 1. The molecule has 0 bridgehead atoms. The molecular weight excluding hydrogens is 473 g/mol. The van der Waals surface area contributed by atoms with Crippen molar-refractivity contribution >= 4 is 29.9 Å². The van der Waals surface area contributed by atoms with E-state index in [1.807, 2.05) is 31.3 Å². The Labute approximate surface area is 185 Å². The quantitative estimate of drug-likeness (QED) is 0.228. The van der Waals surface area contributed by atoms with Crippen molar-refractivity contribution in [1.82, 2.24) is 10.2 Å². The van der Waals surface area contributed by atoms with Crippen molar-refractivity contribution in [2.45, 2.75) is 25.4 Å². The van der Waals surface area contributed by atoms with E-state index in [1.165, 1.54) is 0 Å². The third-order valence-corrected chi connectivity index (χ3v) is 4.45. The maximum atomic E-state index is 5.89. The van der Waals surface area contributed by atoms with Gasteiger partial charge in [0.2, 0.25) is 0 Å². The zero-order chi connectivity index (χ0) is 19.3. The normalized spacial score (nSPS) is 14.9. The molecule has 1 N–H and O–H groups in total. The van der Waals surface area contributed by atoms with Gasteiger partial charge in [0, 0.05) is 40.5 Å². The molecule has 2 rings (SSSR count). The molecule has 160 valence electrons. The number of benzene rings is 1. The first-order chi connectivity index (χ1) is 13.2. The van der Waals surface area contributed by atoms with Gasteiger partial charge >= 0.3 is 0 Å². The Balaban J connectivity index is 0.00000392. The summed E-state index contributed by atoms with van der Waals surface area (Å²) in [5, 5.41) is 3.37. The molecule has 0 radical (unpaired) electrons. The largest absolute Gasteiger partial charge is 0.497 e. The van der Waals surface area contributed by atoms with E-state index in [4.69, 9.17) is 18.9 Å². The standard InChI is InChI=1S/C20H33N3O4.HI/c1-21-20(22-11-4-13-26-19-9-14-25-15-10-19)23(2)12-16-27-18-7-5-17(24-3)6-8-18;/h5-8,19H,4,9-16H2,1-3H3,(H,21,22);1H. The monoisotopic (exact) mass is 507 g/mol. The summed E-state index contributed by atoms with van der Waals surface area (Å²) in [5.41, 5.74) is 0. The first kappa shape index (κ1) is 24.8. The number of hydrogen-bond donors (Lipinski definition) is 1. The minimum Gasteiger partial charge on any atom is -0.497 e. The SMILES string of the molecule is CN=C(NCCCOC1CCOCC1)N(C)CCOc1ccc(OC)cc1.I. The zero-order valence-electron chi connectivity index (χ0n) is 17.2. The van der Waals surface area contributed by atoms with Crippen LogP contribution in [0.3, 0.4) is 0 Å². The maximum absolute atomic E-state index is 5.89. The van der Waals surface area contributed by atoms with E-state index < -0.39 is 0 Å². The molecular formula is C20H34IN3O4. The van der Waals surface area contributed by atoms with Crippen LogP contribution in [0.1, 0.15) is 19.3 Å². The molecule has 1 heterocycles. The minimum absolute atomic E-state index is 0. The van der Waals surface area contributed by atoms with E-state index in [9.17, 15) is 0 Å². The number of hydrogen-bond acceptors (Lipinski definition) is 5. The summed E-state index contributed by atoms with van der Waals surface area (Å²) in [5.74, 6) is 2.52. The van der Waals surface area contributed by atoms with Crippen molar-refractivity contribution in [3.05, 3.63) is 24.3 Å². The second-order valence-electron chi connectivity index (χ2n) is 6.46.